The zero-order valence-electron chi connectivity index (χ0n) is 9.50. The average Bonchev–Trinajstić information content (AvgIpc) is 2.17. The summed E-state index contributed by atoms with van der Waals surface area (Å²) < 4.78 is 5.85. The van der Waals surface area contributed by atoms with Gasteiger partial charge in [-0.3, -0.25) is 4.79 Å². The highest BCUT2D eigenvalue weighted by Crippen LogP contribution is 2.24. The minimum Gasteiger partial charge on any atom is -0.466 e. The molecule has 4 heteroatoms. The van der Waals surface area contributed by atoms with Gasteiger partial charge >= 0.3 is 5.97 Å². The van der Waals surface area contributed by atoms with Gasteiger partial charge in [0.25, 0.3) is 0 Å². The molecule has 0 aliphatic carbocycles. The standard InChI is InChI=1S/C12H16BrNO2/c1-3-16-11(15)8-12(2,14)9-5-4-6-10(13)7-9/h4-7H,3,8,14H2,1-2H3/t12-/m0/s1. The number of hydrogen-bond acceptors (Lipinski definition) is 3. The molecule has 1 atom stereocenters. The largest absolute Gasteiger partial charge is 0.466 e. The molecule has 1 aromatic rings. The molecule has 3 nitrogen and oxygen atoms in total. The van der Waals surface area contributed by atoms with E-state index >= 15 is 0 Å². The second-order valence-electron chi connectivity index (χ2n) is 3.91. The van der Waals surface area contributed by atoms with E-state index in [2.05, 4.69) is 15.9 Å². The molecule has 0 saturated carbocycles. The van der Waals surface area contributed by atoms with Gasteiger partial charge in [-0.15, -0.1) is 0 Å². The van der Waals surface area contributed by atoms with Crippen molar-refractivity contribution in [3.8, 4) is 0 Å². The minimum atomic E-state index is -0.698. The van der Waals surface area contributed by atoms with Crippen LogP contribution in [0.3, 0.4) is 0 Å². The maximum Gasteiger partial charge on any atom is 0.307 e. The van der Waals surface area contributed by atoms with Gasteiger partial charge in [0.05, 0.1) is 13.0 Å². The predicted molar refractivity (Wildman–Crippen MR) is 66.9 cm³/mol. The molecule has 0 spiro atoms. The van der Waals surface area contributed by atoms with Crippen LogP contribution in [-0.2, 0) is 15.1 Å². The molecule has 1 rings (SSSR count). The molecule has 2 N–H and O–H groups in total. The Balaban J connectivity index is 2.81. The Morgan fingerprint density at radius 1 is 1.56 bits per heavy atom. The fourth-order valence-corrected chi connectivity index (χ4v) is 1.86. The molecule has 0 amide bonds. The third-order valence-corrected chi connectivity index (χ3v) is 2.79. The summed E-state index contributed by atoms with van der Waals surface area (Å²) in [6.07, 6.45) is 0.178. The first-order valence-corrected chi connectivity index (χ1v) is 5.95. The van der Waals surface area contributed by atoms with Crippen LogP contribution in [0.15, 0.2) is 28.7 Å². The van der Waals surface area contributed by atoms with Gasteiger partial charge in [-0.25, -0.2) is 0 Å². The normalized spacial score (nSPS) is 14.2. The fourth-order valence-electron chi connectivity index (χ4n) is 1.46. The van der Waals surface area contributed by atoms with Crippen LogP contribution in [0, 0.1) is 0 Å². The lowest BCUT2D eigenvalue weighted by Gasteiger charge is -2.24. The van der Waals surface area contributed by atoms with Crippen LogP contribution in [0.5, 0.6) is 0 Å². The summed E-state index contributed by atoms with van der Waals surface area (Å²) in [6.45, 7) is 3.99. The molecular weight excluding hydrogens is 270 g/mol. The number of carbonyl (C=O) groups excluding carboxylic acids is 1. The SMILES string of the molecule is CCOC(=O)C[C@](C)(N)c1cccc(Br)c1. The summed E-state index contributed by atoms with van der Waals surface area (Å²) in [5.74, 6) is -0.271. The molecule has 0 saturated heterocycles. The van der Waals surface area contributed by atoms with Gasteiger partial charge in [-0.05, 0) is 31.5 Å². The minimum absolute atomic E-state index is 0.178. The zero-order valence-corrected chi connectivity index (χ0v) is 11.1. The number of esters is 1. The summed E-state index contributed by atoms with van der Waals surface area (Å²) in [7, 11) is 0. The van der Waals surface area contributed by atoms with E-state index < -0.39 is 5.54 Å². The third kappa shape index (κ3) is 3.61. The lowest BCUT2D eigenvalue weighted by molar-refractivity contribution is -0.144. The van der Waals surface area contributed by atoms with Gasteiger partial charge in [-0.2, -0.15) is 0 Å². The second-order valence-corrected chi connectivity index (χ2v) is 4.83. The van der Waals surface area contributed by atoms with E-state index in [0.717, 1.165) is 10.0 Å². The highest BCUT2D eigenvalue weighted by Gasteiger charge is 2.25. The van der Waals surface area contributed by atoms with Crippen molar-refractivity contribution in [1.29, 1.82) is 0 Å². The van der Waals surface area contributed by atoms with Crippen LogP contribution in [0.1, 0.15) is 25.8 Å². The molecule has 0 unspecified atom stereocenters. The number of benzene rings is 1. The van der Waals surface area contributed by atoms with Gasteiger partial charge < -0.3 is 10.5 Å². The fraction of sp³-hybridized carbons (Fsp3) is 0.417. The number of nitrogens with two attached hydrogens (primary N) is 1. The third-order valence-electron chi connectivity index (χ3n) is 2.30. The lowest BCUT2D eigenvalue weighted by Crippen LogP contribution is -2.36. The Labute approximate surface area is 104 Å². The molecule has 16 heavy (non-hydrogen) atoms. The van der Waals surface area contributed by atoms with E-state index in [4.69, 9.17) is 10.5 Å². The van der Waals surface area contributed by atoms with E-state index in [1.807, 2.05) is 31.2 Å². The van der Waals surface area contributed by atoms with Crippen molar-refractivity contribution in [2.45, 2.75) is 25.8 Å². The molecule has 0 bridgehead atoms. The van der Waals surface area contributed by atoms with Crippen molar-refractivity contribution in [2.75, 3.05) is 6.61 Å². The van der Waals surface area contributed by atoms with Crippen LogP contribution in [-0.4, -0.2) is 12.6 Å². The van der Waals surface area contributed by atoms with E-state index in [1.54, 1.807) is 6.92 Å². The predicted octanol–water partition coefficient (Wildman–Crippen LogP) is 2.58. The number of rotatable bonds is 4. The molecule has 88 valence electrons. The topological polar surface area (TPSA) is 52.3 Å². The van der Waals surface area contributed by atoms with Crippen molar-refractivity contribution in [3.63, 3.8) is 0 Å². The van der Waals surface area contributed by atoms with Crippen molar-refractivity contribution < 1.29 is 9.53 Å². The molecule has 0 aliphatic rings. The van der Waals surface area contributed by atoms with Crippen LogP contribution in [0.4, 0.5) is 0 Å². The Hall–Kier alpha value is -0.870. The Morgan fingerprint density at radius 3 is 2.81 bits per heavy atom. The van der Waals surface area contributed by atoms with Crippen LogP contribution in [0.2, 0.25) is 0 Å². The molecule has 1 aromatic carbocycles. The van der Waals surface area contributed by atoms with Crippen molar-refractivity contribution in [1.82, 2.24) is 0 Å². The van der Waals surface area contributed by atoms with Crippen LogP contribution in [0.25, 0.3) is 0 Å². The van der Waals surface area contributed by atoms with E-state index in [1.165, 1.54) is 0 Å². The first-order chi connectivity index (χ1) is 7.45. The molecule has 0 aliphatic heterocycles. The molecule has 0 radical (unpaired) electrons. The summed E-state index contributed by atoms with van der Waals surface area (Å²) >= 11 is 3.38. The number of halogens is 1. The Morgan fingerprint density at radius 2 is 2.25 bits per heavy atom. The summed E-state index contributed by atoms with van der Waals surface area (Å²) in [6, 6.07) is 7.64. The van der Waals surface area contributed by atoms with Gasteiger partial charge in [0.2, 0.25) is 0 Å². The number of carbonyl (C=O) groups is 1. The Kier molecular flexibility index (Phi) is 4.50. The van der Waals surface area contributed by atoms with E-state index in [-0.39, 0.29) is 12.4 Å². The van der Waals surface area contributed by atoms with Gasteiger partial charge in [0, 0.05) is 10.0 Å². The monoisotopic (exact) mass is 285 g/mol. The molecular formula is C12H16BrNO2. The Bertz CT molecular complexity index is 377. The summed E-state index contributed by atoms with van der Waals surface area (Å²) in [5.41, 5.74) is 6.33. The maximum absolute atomic E-state index is 11.4. The summed E-state index contributed by atoms with van der Waals surface area (Å²) in [4.78, 5) is 11.4. The smallest absolute Gasteiger partial charge is 0.307 e. The zero-order chi connectivity index (χ0) is 12.2. The first-order valence-electron chi connectivity index (χ1n) is 5.16. The second kappa shape index (κ2) is 5.46. The molecule has 0 heterocycles. The highest BCUT2D eigenvalue weighted by atomic mass is 79.9. The van der Waals surface area contributed by atoms with Crippen molar-refractivity contribution in [2.24, 2.45) is 5.73 Å². The van der Waals surface area contributed by atoms with E-state index in [9.17, 15) is 4.79 Å². The van der Waals surface area contributed by atoms with Gasteiger partial charge in [0.1, 0.15) is 0 Å². The first kappa shape index (κ1) is 13.2. The van der Waals surface area contributed by atoms with Gasteiger partial charge in [0.15, 0.2) is 0 Å². The lowest BCUT2D eigenvalue weighted by atomic mass is 9.90. The molecule has 0 fully saturated rings. The van der Waals surface area contributed by atoms with Gasteiger partial charge in [-0.1, -0.05) is 28.1 Å². The maximum atomic E-state index is 11.4. The highest BCUT2D eigenvalue weighted by molar-refractivity contribution is 9.10. The number of hydrogen-bond donors (Lipinski definition) is 1. The van der Waals surface area contributed by atoms with Crippen molar-refractivity contribution in [3.05, 3.63) is 34.3 Å². The van der Waals surface area contributed by atoms with E-state index in [0.29, 0.717) is 6.61 Å². The van der Waals surface area contributed by atoms with Crippen LogP contribution >= 0.6 is 15.9 Å². The average molecular weight is 286 g/mol. The molecule has 0 aromatic heterocycles. The van der Waals surface area contributed by atoms with Crippen LogP contribution < -0.4 is 5.73 Å². The summed E-state index contributed by atoms with van der Waals surface area (Å²) in [5, 5.41) is 0. The quantitative estimate of drug-likeness (QED) is 0.865. The van der Waals surface area contributed by atoms with Crippen molar-refractivity contribution >= 4 is 21.9 Å². The number of ether oxygens (including phenoxy) is 1.